The molecule has 5 heteroatoms. The number of hydrogen-bond donors (Lipinski definition) is 2. The molecule has 0 amide bonds. The van der Waals surface area contributed by atoms with Gasteiger partial charge in [0.15, 0.2) is 5.43 Å². The molecule has 0 unspecified atom stereocenters. The van der Waals surface area contributed by atoms with Gasteiger partial charge in [-0.2, -0.15) is 0 Å². The number of pyridine rings is 1. The number of halogens is 1. The number of aryl methyl sites for hydroxylation is 1. The van der Waals surface area contributed by atoms with E-state index in [1.54, 1.807) is 23.8 Å². The van der Waals surface area contributed by atoms with E-state index in [-0.39, 0.29) is 16.8 Å². The Morgan fingerprint density at radius 3 is 2.67 bits per heavy atom. The van der Waals surface area contributed by atoms with Gasteiger partial charge in [0.05, 0.1) is 16.3 Å². The predicted octanol–water partition coefficient (Wildman–Crippen LogP) is 2.08. The molecule has 18 heavy (non-hydrogen) atoms. The van der Waals surface area contributed by atoms with Gasteiger partial charge in [0.25, 0.3) is 0 Å². The van der Waals surface area contributed by atoms with Crippen molar-refractivity contribution in [1.29, 1.82) is 5.41 Å². The van der Waals surface area contributed by atoms with Gasteiger partial charge >= 0.3 is 0 Å². The van der Waals surface area contributed by atoms with E-state index in [2.05, 4.69) is 0 Å². The van der Waals surface area contributed by atoms with Crippen molar-refractivity contribution in [2.75, 3.05) is 0 Å². The summed E-state index contributed by atoms with van der Waals surface area (Å²) in [5.74, 6) is -0.249. The highest BCUT2D eigenvalue weighted by atomic mass is 35.5. The lowest BCUT2D eigenvalue weighted by atomic mass is 10.2. The maximum atomic E-state index is 11.7. The van der Waals surface area contributed by atoms with Crippen molar-refractivity contribution in [3.05, 3.63) is 63.0 Å². The smallest absolute Gasteiger partial charge is 0.192 e. The van der Waals surface area contributed by atoms with Crippen LogP contribution in [0.25, 0.3) is 5.69 Å². The first-order valence-electron chi connectivity index (χ1n) is 5.33. The van der Waals surface area contributed by atoms with E-state index in [0.717, 1.165) is 11.4 Å². The molecule has 1 aromatic heterocycles. The van der Waals surface area contributed by atoms with Gasteiger partial charge in [0, 0.05) is 18.0 Å². The average Bonchev–Trinajstić information content (AvgIpc) is 2.30. The second-order valence-corrected chi connectivity index (χ2v) is 4.34. The summed E-state index contributed by atoms with van der Waals surface area (Å²) < 4.78 is 1.75. The fourth-order valence-corrected chi connectivity index (χ4v) is 1.97. The Morgan fingerprint density at radius 2 is 2.06 bits per heavy atom. The Morgan fingerprint density at radius 1 is 1.39 bits per heavy atom. The Bertz CT molecular complexity index is 676. The maximum absolute atomic E-state index is 11.7. The number of nitrogen functional groups attached to an aromatic ring is 1. The van der Waals surface area contributed by atoms with Crippen LogP contribution >= 0.6 is 11.6 Å². The molecule has 0 aliphatic heterocycles. The molecule has 0 radical (unpaired) electrons. The van der Waals surface area contributed by atoms with E-state index < -0.39 is 0 Å². The Hall–Kier alpha value is -2.07. The molecule has 0 aliphatic carbocycles. The first-order valence-corrected chi connectivity index (χ1v) is 5.71. The lowest BCUT2D eigenvalue weighted by Gasteiger charge is -2.13. The van der Waals surface area contributed by atoms with Crippen molar-refractivity contribution in [3.8, 4) is 5.69 Å². The van der Waals surface area contributed by atoms with E-state index in [1.165, 1.54) is 6.07 Å². The number of nitrogens with two attached hydrogens (primary N) is 1. The van der Waals surface area contributed by atoms with Gasteiger partial charge in [-0.15, -0.1) is 0 Å². The van der Waals surface area contributed by atoms with Gasteiger partial charge in [0.2, 0.25) is 0 Å². The fraction of sp³-hybridized carbons (Fsp3) is 0.0769. The van der Waals surface area contributed by atoms with E-state index in [9.17, 15) is 4.79 Å². The molecular formula is C13H12ClN3O. The molecule has 2 aromatic rings. The Kier molecular flexibility index (Phi) is 3.21. The van der Waals surface area contributed by atoms with Crippen molar-refractivity contribution in [2.45, 2.75) is 6.92 Å². The number of hydrogen-bond acceptors (Lipinski definition) is 2. The van der Waals surface area contributed by atoms with Crippen molar-refractivity contribution in [1.82, 2.24) is 4.57 Å². The lowest BCUT2D eigenvalue weighted by molar-refractivity contribution is 0.969. The molecule has 1 aromatic carbocycles. The first kappa shape index (κ1) is 12.4. The van der Waals surface area contributed by atoms with Gasteiger partial charge in [-0.3, -0.25) is 10.2 Å². The normalized spacial score (nSPS) is 10.3. The molecule has 0 atom stereocenters. The molecule has 0 spiro atoms. The van der Waals surface area contributed by atoms with Crippen LogP contribution in [0.3, 0.4) is 0 Å². The van der Waals surface area contributed by atoms with Crippen LogP contribution in [0.15, 0.2) is 41.3 Å². The van der Waals surface area contributed by atoms with E-state index in [0.29, 0.717) is 5.02 Å². The van der Waals surface area contributed by atoms with E-state index in [1.807, 2.05) is 18.2 Å². The SMILES string of the molecule is Cc1cc(=O)c(C(=N)N)cn1-c1ccccc1Cl. The van der Waals surface area contributed by atoms with Crippen LogP contribution in [-0.2, 0) is 0 Å². The molecule has 92 valence electrons. The molecule has 4 nitrogen and oxygen atoms in total. The van der Waals surface area contributed by atoms with Crippen LogP contribution in [0.1, 0.15) is 11.3 Å². The topological polar surface area (TPSA) is 71.9 Å². The number of amidine groups is 1. The van der Waals surface area contributed by atoms with E-state index >= 15 is 0 Å². The fourth-order valence-electron chi connectivity index (χ4n) is 1.74. The monoisotopic (exact) mass is 261 g/mol. The zero-order chi connectivity index (χ0) is 13.3. The molecule has 3 N–H and O–H groups in total. The zero-order valence-corrected chi connectivity index (χ0v) is 10.5. The summed E-state index contributed by atoms with van der Waals surface area (Å²) in [6, 6.07) is 8.73. The minimum absolute atomic E-state index is 0.167. The van der Waals surface area contributed by atoms with Gasteiger partial charge in [0.1, 0.15) is 5.84 Å². The molecule has 0 fully saturated rings. The molecule has 2 rings (SSSR count). The van der Waals surface area contributed by atoms with Crippen molar-refractivity contribution >= 4 is 17.4 Å². The molecular weight excluding hydrogens is 250 g/mol. The number of rotatable bonds is 2. The maximum Gasteiger partial charge on any atom is 0.192 e. The highest BCUT2D eigenvalue weighted by Gasteiger charge is 2.09. The summed E-state index contributed by atoms with van der Waals surface area (Å²) in [4.78, 5) is 11.7. The number of nitrogens with zero attached hydrogens (tertiary/aromatic N) is 1. The number of benzene rings is 1. The van der Waals surface area contributed by atoms with Gasteiger partial charge in [-0.1, -0.05) is 23.7 Å². The molecule has 0 bridgehead atoms. The van der Waals surface area contributed by atoms with Gasteiger partial charge in [-0.05, 0) is 19.1 Å². The van der Waals surface area contributed by atoms with Crippen LogP contribution in [0, 0.1) is 12.3 Å². The van der Waals surface area contributed by atoms with Crippen molar-refractivity contribution in [2.24, 2.45) is 5.73 Å². The molecule has 1 heterocycles. The van der Waals surface area contributed by atoms with Crippen LogP contribution in [0.5, 0.6) is 0 Å². The molecule has 0 aliphatic rings. The Labute approximate surface area is 109 Å². The minimum Gasteiger partial charge on any atom is -0.384 e. The minimum atomic E-state index is -0.261. The third kappa shape index (κ3) is 2.15. The standard InChI is InChI=1S/C13H12ClN3O/c1-8-6-12(18)9(13(15)16)7-17(8)11-5-3-2-4-10(11)14/h2-7H,1H3,(H3,15,16). The van der Waals surface area contributed by atoms with Crippen molar-refractivity contribution < 1.29 is 0 Å². The van der Waals surface area contributed by atoms with Crippen molar-refractivity contribution in [3.63, 3.8) is 0 Å². The third-order valence-electron chi connectivity index (χ3n) is 2.65. The highest BCUT2D eigenvalue weighted by molar-refractivity contribution is 6.32. The average molecular weight is 262 g/mol. The Balaban J connectivity index is 2.73. The lowest BCUT2D eigenvalue weighted by Crippen LogP contribution is -2.23. The van der Waals surface area contributed by atoms with Crippen LogP contribution in [0.2, 0.25) is 5.02 Å². The largest absolute Gasteiger partial charge is 0.384 e. The predicted molar refractivity (Wildman–Crippen MR) is 72.8 cm³/mol. The molecule has 0 saturated heterocycles. The van der Waals surface area contributed by atoms with Gasteiger partial charge < -0.3 is 10.3 Å². The van der Waals surface area contributed by atoms with E-state index in [4.69, 9.17) is 22.7 Å². The summed E-state index contributed by atoms with van der Waals surface area (Å²) >= 11 is 6.12. The third-order valence-corrected chi connectivity index (χ3v) is 2.97. The number of nitrogens with one attached hydrogen (secondary N) is 1. The van der Waals surface area contributed by atoms with Crippen LogP contribution in [0.4, 0.5) is 0 Å². The van der Waals surface area contributed by atoms with Gasteiger partial charge in [-0.25, -0.2) is 0 Å². The quantitative estimate of drug-likeness (QED) is 0.642. The number of para-hydroxylation sites is 1. The summed E-state index contributed by atoms with van der Waals surface area (Å²) in [7, 11) is 0. The zero-order valence-electron chi connectivity index (χ0n) is 9.77. The second kappa shape index (κ2) is 4.66. The summed E-state index contributed by atoms with van der Waals surface area (Å²) in [6.45, 7) is 1.80. The second-order valence-electron chi connectivity index (χ2n) is 3.93. The summed E-state index contributed by atoms with van der Waals surface area (Å²) in [6.07, 6.45) is 1.54. The summed E-state index contributed by atoms with van der Waals surface area (Å²) in [5.41, 5.74) is 6.78. The summed E-state index contributed by atoms with van der Waals surface area (Å²) in [5, 5.41) is 7.96. The van der Waals surface area contributed by atoms with Crippen LogP contribution < -0.4 is 11.2 Å². The van der Waals surface area contributed by atoms with Crippen LogP contribution in [-0.4, -0.2) is 10.4 Å². The highest BCUT2D eigenvalue weighted by Crippen LogP contribution is 2.20. The molecule has 0 saturated carbocycles. The first-order chi connectivity index (χ1) is 8.50. The number of aromatic nitrogens is 1.